The highest BCUT2D eigenvalue weighted by Crippen LogP contribution is 2.13. The fourth-order valence-corrected chi connectivity index (χ4v) is 1.27. The van der Waals surface area contributed by atoms with E-state index >= 15 is 0 Å². The van der Waals surface area contributed by atoms with Crippen LogP contribution in [0.2, 0.25) is 0 Å². The Morgan fingerprint density at radius 3 is 2.50 bits per heavy atom. The average Bonchev–Trinajstić information content (AvgIpc) is 2.63. The smallest absolute Gasteiger partial charge is 0.333 e. The Labute approximate surface area is 97.8 Å². The molecule has 0 bridgehead atoms. The fraction of sp³-hybridized carbons (Fsp3) is 0.692. The van der Waals surface area contributed by atoms with Crippen LogP contribution in [-0.4, -0.2) is 25.3 Å². The molecule has 1 heterocycles. The van der Waals surface area contributed by atoms with E-state index in [1.807, 2.05) is 0 Å². The summed E-state index contributed by atoms with van der Waals surface area (Å²) in [5.74, 6) is -0.328. The molecule has 1 unspecified atom stereocenters. The molecule has 1 saturated carbocycles. The molecule has 0 aromatic heterocycles. The number of rotatable bonds is 3. The maximum absolute atomic E-state index is 10.9. The van der Waals surface area contributed by atoms with Crippen molar-refractivity contribution in [1.29, 1.82) is 0 Å². The maximum Gasteiger partial charge on any atom is 0.333 e. The zero-order valence-corrected chi connectivity index (χ0v) is 10.0. The van der Waals surface area contributed by atoms with Gasteiger partial charge in [-0.25, -0.2) is 4.79 Å². The van der Waals surface area contributed by atoms with Gasteiger partial charge >= 0.3 is 5.97 Å². The number of carbonyl (C=O) groups is 1. The number of ether oxygens (including phenoxy) is 2. The quantitative estimate of drug-likeness (QED) is 0.547. The number of carbonyl (C=O) groups excluding carboxylic acids is 1. The monoisotopic (exact) mass is 225 g/mol. The zero-order chi connectivity index (χ0) is 11.8. The van der Waals surface area contributed by atoms with E-state index in [-0.39, 0.29) is 12.1 Å². The number of hydrogen-bond acceptors (Lipinski definition) is 3. The Hall–Kier alpha value is -0.830. The molecule has 0 aromatic carbocycles. The molecule has 0 amide bonds. The van der Waals surface area contributed by atoms with Crippen LogP contribution < -0.4 is 0 Å². The summed E-state index contributed by atoms with van der Waals surface area (Å²) in [7, 11) is 0. The minimum Gasteiger partial charge on any atom is -0.460 e. The van der Waals surface area contributed by atoms with Gasteiger partial charge in [0.25, 0.3) is 0 Å². The molecule has 0 N–H and O–H groups in total. The molecule has 1 aliphatic carbocycles. The molecule has 1 radical (unpaired) electrons. The van der Waals surface area contributed by atoms with Crippen LogP contribution in [-0.2, 0) is 14.3 Å². The second kappa shape index (κ2) is 7.44. The van der Waals surface area contributed by atoms with Gasteiger partial charge in [-0.3, -0.25) is 0 Å². The maximum atomic E-state index is 10.9. The van der Waals surface area contributed by atoms with E-state index in [2.05, 4.69) is 13.0 Å². The van der Waals surface area contributed by atoms with Gasteiger partial charge in [-0.2, -0.15) is 0 Å². The molecule has 0 spiro atoms. The van der Waals surface area contributed by atoms with Crippen LogP contribution in [0.4, 0.5) is 0 Å². The van der Waals surface area contributed by atoms with Gasteiger partial charge in [0, 0.05) is 12.2 Å². The molecule has 1 aliphatic heterocycles. The fourth-order valence-electron chi connectivity index (χ4n) is 1.27. The third kappa shape index (κ3) is 5.31. The van der Waals surface area contributed by atoms with Crippen molar-refractivity contribution < 1.29 is 14.3 Å². The largest absolute Gasteiger partial charge is 0.460 e. The van der Waals surface area contributed by atoms with Crippen LogP contribution in [0.5, 0.6) is 0 Å². The normalized spacial score (nSPS) is 22.7. The van der Waals surface area contributed by atoms with Gasteiger partial charge in [-0.05, 0) is 26.2 Å². The lowest BCUT2D eigenvalue weighted by molar-refractivity contribution is -0.142. The molecule has 3 nitrogen and oxygen atoms in total. The van der Waals surface area contributed by atoms with Crippen molar-refractivity contribution in [3.8, 4) is 0 Å². The Balaban J connectivity index is 0.000000267. The van der Waals surface area contributed by atoms with Crippen molar-refractivity contribution in [2.45, 2.75) is 45.1 Å². The molecule has 3 heteroatoms. The second-order valence-electron chi connectivity index (χ2n) is 4.23. The Morgan fingerprint density at radius 2 is 2.12 bits per heavy atom. The van der Waals surface area contributed by atoms with Crippen LogP contribution in [0.3, 0.4) is 0 Å². The first-order chi connectivity index (χ1) is 7.70. The highest BCUT2D eigenvalue weighted by Gasteiger charge is 2.17. The minimum atomic E-state index is -0.328. The molecular formula is C13H21O3. The third-order valence-corrected chi connectivity index (χ3v) is 2.59. The van der Waals surface area contributed by atoms with Crippen LogP contribution in [0.1, 0.15) is 39.0 Å². The first kappa shape index (κ1) is 13.2. The van der Waals surface area contributed by atoms with Gasteiger partial charge < -0.3 is 9.47 Å². The summed E-state index contributed by atoms with van der Waals surface area (Å²) in [6.45, 7) is 6.28. The van der Waals surface area contributed by atoms with E-state index in [4.69, 9.17) is 9.47 Å². The predicted octanol–water partition coefficient (Wildman–Crippen LogP) is 2.66. The van der Waals surface area contributed by atoms with E-state index in [9.17, 15) is 4.79 Å². The lowest BCUT2D eigenvalue weighted by Gasteiger charge is -2.09. The van der Waals surface area contributed by atoms with Crippen molar-refractivity contribution in [2.24, 2.45) is 0 Å². The molecule has 16 heavy (non-hydrogen) atoms. The Kier molecular flexibility index (Phi) is 6.16. The van der Waals surface area contributed by atoms with Gasteiger partial charge in [0.1, 0.15) is 6.61 Å². The van der Waals surface area contributed by atoms with E-state index in [1.54, 1.807) is 6.92 Å². The van der Waals surface area contributed by atoms with Crippen molar-refractivity contribution in [3.63, 3.8) is 0 Å². The summed E-state index contributed by atoms with van der Waals surface area (Å²) in [6, 6.07) is 0. The molecule has 1 saturated heterocycles. The highest BCUT2D eigenvalue weighted by molar-refractivity contribution is 5.86. The topological polar surface area (TPSA) is 35.5 Å². The summed E-state index contributed by atoms with van der Waals surface area (Å²) in [5, 5.41) is 0. The summed E-state index contributed by atoms with van der Waals surface area (Å²) in [4.78, 5) is 10.9. The lowest BCUT2D eigenvalue weighted by Crippen LogP contribution is -2.17. The first-order valence-electron chi connectivity index (χ1n) is 5.96. The molecule has 2 fully saturated rings. The third-order valence-electron chi connectivity index (χ3n) is 2.59. The summed E-state index contributed by atoms with van der Waals surface area (Å²) in [5.41, 5.74) is 0.438. The minimum absolute atomic E-state index is 0.105. The molecule has 0 aromatic rings. The predicted molar refractivity (Wildman–Crippen MR) is 62.9 cm³/mol. The van der Waals surface area contributed by atoms with Gasteiger partial charge in [0.15, 0.2) is 0 Å². The molecule has 2 aliphatic rings. The van der Waals surface area contributed by atoms with E-state index in [0.29, 0.717) is 12.2 Å². The van der Waals surface area contributed by atoms with Crippen molar-refractivity contribution in [3.05, 3.63) is 18.6 Å². The highest BCUT2D eigenvalue weighted by atomic mass is 16.6. The second-order valence-corrected chi connectivity index (χ2v) is 4.23. The van der Waals surface area contributed by atoms with Gasteiger partial charge in [-0.1, -0.05) is 25.8 Å². The van der Waals surface area contributed by atoms with E-state index < -0.39 is 0 Å². The average molecular weight is 225 g/mol. The van der Waals surface area contributed by atoms with Gasteiger partial charge in [0.2, 0.25) is 0 Å². The Bertz CT molecular complexity index is 221. The van der Waals surface area contributed by atoms with Gasteiger partial charge in [-0.15, -0.1) is 0 Å². The van der Waals surface area contributed by atoms with Crippen molar-refractivity contribution in [1.82, 2.24) is 0 Å². The molecule has 2 rings (SSSR count). The summed E-state index contributed by atoms with van der Waals surface area (Å²) in [6.07, 6.45) is 8.66. The molecule has 1 atom stereocenters. The van der Waals surface area contributed by atoms with E-state index in [1.165, 1.54) is 19.3 Å². The molecule has 91 valence electrons. The van der Waals surface area contributed by atoms with Crippen LogP contribution >= 0.6 is 0 Å². The van der Waals surface area contributed by atoms with Crippen LogP contribution in [0.25, 0.3) is 0 Å². The standard InChI is InChI=1S/C9H14O3.C4H7/c1-7(2)9(10)12-6-8-4-3-5-11-8;1-2-4-3-1/h8H,1,3-6H2,2H3;1H,2-4H2. The van der Waals surface area contributed by atoms with Crippen molar-refractivity contribution >= 4 is 5.97 Å². The number of esters is 1. The van der Waals surface area contributed by atoms with Crippen LogP contribution in [0, 0.1) is 6.42 Å². The summed E-state index contributed by atoms with van der Waals surface area (Å²) >= 11 is 0. The zero-order valence-electron chi connectivity index (χ0n) is 10.0. The van der Waals surface area contributed by atoms with Crippen LogP contribution in [0.15, 0.2) is 12.2 Å². The Morgan fingerprint density at radius 1 is 1.50 bits per heavy atom. The number of hydrogen-bond donors (Lipinski definition) is 0. The molecular weight excluding hydrogens is 204 g/mol. The SMILES string of the molecule is C=C(C)C(=O)OCC1CCCO1.[CH]1CCC1. The van der Waals surface area contributed by atoms with E-state index in [0.717, 1.165) is 19.4 Å². The first-order valence-corrected chi connectivity index (χ1v) is 5.96. The van der Waals surface area contributed by atoms with Crippen molar-refractivity contribution in [2.75, 3.05) is 13.2 Å². The summed E-state index contributed by atoms with van der Waals surface area (Å²) < 4.78 is 10.2. The van der Waals surface area contributed by atoms with Gasteiger partial charge in [0.05, 0.1) is 6.10 Å². The lowest BCUT2D eigenvalue weighted by atomic mass is 10.0.